The largest absolute Gasteiger partial charge is 0.298 e. The van der Waals surface area contributed by atoms with Crippen molar-refractivity contribution in [2.24, 2.45) is 0 Å². The molecular weight excluding hydrogens is 224 g/mol. The molecule has 18 heavy (non-hydrogen) atoms. The summed E-state index contributed by atoms with van der Waals surface area (Å²) in [5, 5.41) is 4.48. The summed E-state index contributed by atoms with van der Waals surface area (Å²) in [6.45, 7) is 6.87. The summed E-state index contributed by atoms with van der Waals surface area (Å²) in [6.07, 6.45) is 2.70. The van der Waals surface area contributed by atoms with Crippen molar-refractivity contribution in [1.82, 2.24) is 9.78 Å². The lowest BCUT2D eigenvalue weighted by Crippen LogP contribution is -2.01. The molecule has 0 bridgehead atoms. The Morgan fingerprint density at radius 1 is 1.28 bits per heavy atom. The monoisotopic (exact) mass is 242 g/mol. The Hall–Kier alpha value is -1.90. The summed E-state index contributed by atoms with van der Waals surface area (Å²) in [4.78, 5) is 11.0. The average Bonchev–Trinajstić information content (AvgIpc) is 2.75. The number of aryl methyl sites for hydroxylation is 1. The Labute approximate surface area is 107 Å². The van der Waals surface area contributed by atoms with Crippen LogP contribution in [0.2, 0.25) is 0 Å². The second-order valence-corrected chi connectivity index (χ2v) is 4.93. The fourth-order valence-electron chi connectivity index (χ4n) is 1.95. The van der Waals surface area contributed by atoms with Crippen molar-refractivity contribution >= 4 is 6.29 Å². The quantitative estimate of drug-likeness (QED) is 0.772. The Kier molecular flexibility index (Phi) is 3.60. The van der Waals surface area contributed by atoms with Gasteiger partial charge in [-0.05, 0) is 18.4 Å². The van der Waals surface area contributed by atoms with Gasteiger partial charge in [0.15, 0.2) is 6.29 Å². The van der Waals surface area contributed by atoms with Gasteiger partial charge >= 0.3 is 0 Å². The highest BCUT2D eigenvalue weighted by Gasteiger charge is 2.11. The third-order valence-electron chi connectivity index (χ3n) is 2.96. The Morgan fingerprint density at radius 3 is 2.44 bits per heavy atom. The van der Waals surface area contributed by atoms with E-state index in [4.69, 9.17) is 0 Å². The van der Waals surface area contributed by atoms with Crippen LogP contribution in [0.5, 0.6) is 0 Å². The standard InChI is InChI=1S/C15H18N2O/c1-11(2)15-14(10-18)9-17(16-15)8-13-6-4-12(3)5-7-13/h4-7,9-11H,8H2,1-3H3. The number of aldehydes is 1. The first-order chi connectivity index (χ1) is 8.60. The molecule has 0 saturated heterocycles. The van der Waals surface area contributed by atoms with E-state index >= 15 is 0 Å². The molecule has 1 aromatic heterocycles. The van der Waals surface area contributed by atoms with Gasteiger partial charge in [-0.2, -0.15) is 5.10 Å². The molecule has 0 atom stereocenters. The number of benzene rings is 1. The SMILES string of the molecule is Cc1ccc(Cn2cc(C=O)c(C(C)C)n2)cc1. The molecule has 94 valence electrons. The number of hydrogen-bond acceptors (Lipinski definition) is 2. The lowest BCUT2D eigenvalue weighted by atomic mass is 10.1. The minimum atomic E-state index is 0.268. The number of nitrogens with zero attached hydrogens (tertiary/aromatic N) is 2. The van der Waals surface area contributed by atoms with Crippen molar-refractivity contribution < 1.29 is 4.79 Å². The van der Waals surface area contributed by atoms with E-state index in [1.54, 1.807) is 0 Å². The van der Waals surface area contributed by atoms with Gasteiger partial charge in [0.05, 0.1) is 17.8 Å². The van der Waals surface area contributed by atoms with Crippen molar-refractivity contribution in [3.05, 3.63) is 52.8 Å². The lowest BCUT2D eigenvalue weighted by Gasteiger charge is -2.03. The molecule has 3 heteroatoms. The zero-order chi connectivity index (χ0) is 13.1. The molecule has 2 aromatic rings. The van der Waals surface area contributed by atoms with Crippen LogP contribution in [0.15, 0.2) is 30.5 Å². The third kappa shape index (κ3) is 2.67. The van der Waals surface area contributed by atoms with Crippen molar-refractivity contribution in [2.45, 2.75) is 33.2 Å². The highest BCUT2D eigenvalue weighted by atomic mass is 16.1. The molecule has 0 amide bonds. The third-order valence-corrected chi connectivity index (χ3v) is 2.96. The van der Waals surface area contributed by atoms with Gasteiger partial charge in [0.1, 0.15) is 0 Å². The summed E-state index contributed by atoms with van der Waals surface area (Å²) < 4.78 is 1.84. The maximum absolute atomic E-state index is 11.0. The molecule has 1 heterocycles. The van der Waals surface area contributed by atoms with E-state index in [-0.39, 0.29) is 5.92 Å². The van der Waals surface area contributed by atoms with E-state index in [0.717, 1.165) is 12.0 Å². The lowest BCUT2D eigenvalue weighted by molar-refractivity contribution is 0.112. The van der Waals surface area contributed by atoms with Gasteiger partial charge in [-0.15, -0.1) is 0 Å². The Bertz CT molecular complexity index is 538. The maximum Gasteiger partial charge on any atom is 0.153 e. The molecule has 0 spiro atoms. The first-order valence-corrected chi connectivity index (χ1v) is 6.18. The predicted octanol–water partition coefficient (Wildman–Crippen LogP) is 3.18. The fraction of sp³-hybridized carbons (Fsp3) is 0.333. The van der Waals surface area contributed by atoms with Crippen LogP contribution < -0.4 is 0 Å². The number of carbonyl (C=O) groups excluding carboxylic acids is 1. The van der Waals surface area contributed by atoms with E-state index in [9.17, 15) is 4.79 Å². The molecule has 0 fully saturated rings. The zero-order valence-electron chi connectivity index (χ0n) is 11.1. The van der Waals surface area contributed by atoms with Crippen LogP contribution in [-0.2, 0) is 6.54 Å². The smallest absolute Gasteiger partial charge is 0.153 e. The highest BCUT2D eigenvalue weighted by Crippen LogP contribution is 2.16. The first kappa shape index (κ1) is 12.6. The molecule has 0 saturated carbocycles. The van der Waals surface area contributed by atoms with Crippen LogP contribution in [0.4, 0.5) is 0 Å². The minimum absolute atomic E-state index is 0.268. The zero-order valence-corrected chi connectivity index (χ0v) is 11.1. The van der Waals surface area contributed by atoms with E-state index in [1.807, 2.05) is 24.7 Å². The Morgan fingerprint density at radius 2 is 1.94 bits per heavy atom. The fourth-order valence-corrected chi connectivity index (χ4v) is 1.95. The van der Waals surface area contributed by atoms with Crippen molar-refractivity contribution in [3.8, 4) is 0 Å². The van der Waals surface area contributed by atoms with Gasteiger partial charge in [0, 0.05) is 6.20 Å². The highest BCUT2D eigenvalue weighted by molar-refractivity contribution is 5.76. The van der Waals surface area contributed by atoms with Crippen LogP contribution in [0, 0.1) is 6.92 Å². The number of hydrogen-bond donors (Lipinski definition) is 0. The average molecular weight is 242 g/mol. The van der Waals surface area contributed by atoms with E-state index < -0.39 is 0 Å². The summed E-state index contributed by atoms with van der Waals surface area (Å²) in [5.74, 6) is 0.268. The normalized spacial score (nSPS) is 10.9. The molecule has 0 aliphatic carbocycles. The minimum Gasteiger partial charge on any atom is -0.298 e. The topological polar surface area (TPSA) is 34.9 Å². The van der Waals surface area contributed by atoms with E-state index in [0.29, 0.717) is 12.1 Å². The van der Waals surface area contributed by atoms with Crippen LogP contribution in [0.1, 0.15) is 46.9 Å². The molecule has 0 unspecified atom stereocenters. The molecular formula is C15H18N2O. The molecule has 0 N–H and O–H groups in total. The van der Waals surface area contributed by atoms with Crippen molar-refractivity contribution in [3.63, 3.8) is 0 Å². The molecule has 1 aromatic carbocycles. The number of aromatic nitrogens is 2. The molecule has 0 aliphatic rings. The molecule has 0 radical (unpaired) electrons. The van der Waals surface area contributed by atoms with Gasteiger partial charge in [-0.1, -0.05) is 43.7 Å². The van der Waals surface area contributed by atoms with Crippen LogP contribution in [0.3, 0.4) is 0 Å². The second-order valence-electron chi connectivity index (χ2n) is 4.93. The van der Waals surface area contributed by atoms with Gasteiger partial charge < -0.3 is 0 Å². The van der Waals surface area contributed by atoms with E-state index in [2.05, 4.69) is 36.3 Å². The summed E-state index contributed by atoms with van der Waals surface area (Å²) in [5.41, 5.74) is 4.00. The van der Waals surface area contributed by atoms with E-state index in [1.165, 1.54) is 11.1 Å². The van der Waals surface area contributed by atoms with Gasteiger partial charge in [0.25, 0.3) is 0 Å². The number of carbonyl (C=O) groups is 1. The van der Waals surface area contributed by atoms with Gasteiger partial charge in [-0.3, -0.25) is 9.48 Å². The maximum atomic E-state index is 11.0. The van der Waals surface area contributed by atoms with Crippen LogP contribution in [-0.4, -0.2) is 16.1 Å². The summed E-state index contributed by atoms with van der Waals surface area (Å²) in [7, 11) is 0. The summed E-state index contributed by atoms with van der Waals surface area (Å²) >= 11 is 0. The van der Waals surface area contributed by atoms with Crippen molar-refractivity contribution in [2.75, 3.05) is 0 Å². The second kappa shape index (κ2) is 5.17. The molecule has 0 aliphatic heterocycles. The number of rotatable bonds is 4. The van der Waals surface area contributed by atoms with Gasteiger partial charge in [0.2, 0.25) is 0 Å². The summed E-state index contributed by atoms with van der Waals surface area (Å²) in [6, 6.07) is 8.35. The van der Waals surface area contributed by atoms with Crippen molar-refractivity contribution in [1.29, 1.82) is 0 Å². The predicted molar refractivity (Wildman–Crippen MR) is 72.0 cm³/mol. The first-order valence-electron chi connectivity index (χ1n) is 6.18. The molecule has 2 rings (SSSR count). The molecule has 3 nitrogen and oxygen atoms in total. The Balaban J connectivity index is 2.24. The van der Waals surface area contributed by atoms with Crippen LogP contribution >= 0.6 is 0 Å². The van der Waals surface area contributed by atoms with Crippen LogP contribution in [0.25, 0.3) is 0 Å². The van der Waals surface area contributed by atoms with Gasteiger partial charge in [-0.25, -0.2) is 0 Å².